The van der Waals surface area contributed by atoms with Crippen molar-refractivity contribution in [3.8, 4) is 0 Å². The van der Waals surface area contributed by atoms with Crippen molar-refractivity contribution in [2.75, 3.05) is 19.0 Å². The lowest BCUT2D eigenvalue weighted by Crippen LogP contribution is -2.27. The molecule has 0 aliphatic rings. The van der Waals surface area contributed by atoms with Crippen molar-refractivity contribution < 1.29 is 9.90 Å². The normalized spacial score (nSPS) is 9.86. The first-order chi connectivity index (χ1) is 6.50. The average Bonchev–Trinajstić information content (AvgIpc) is 2.07. The lowest BCUT2D eigenvalue weighted by molar-refractivity contribution is -0.138. The van der Waals surface area contributed by atoms with E-state index in [1.807, 2.05) is 0 Å². The molecule has 0 fully saturated rings. The van der Waals surface area contributed by atoms with Crippen LogP contribution in [0.1, 0.15) is 0 Å². The predicted molar refractivity (Wildman–Crippen MR) is 50.5 cm³/mol. The summed E-state index contributed by atoms with van der Waals surface area (Å²) in [4.78, 5) is 23.3. The van der Waals surface area contributed by atoms with Crippen LogP contribution in [0.5, 0.6) is 0 Å². The topological polar surface area (TPSA) is 75.4 Å². The Kier molecular flexibility index (Phi) is 2.85. The van der Waals surface area contributed by atoms with E-state index >= 15 is 0 Å². The monoisotopic (exact) mass is 197 g/mol. The van der Waals surface area contributed by atoms with Crippen LogP contribution in [0.15, 0.2) is 17.1 Å². The van der Waals surface area contributed by atoms with Gasteiger partial charge in [0, 0.05) is 20.2 Å². The molecule has 1 aromatic rings. The van der Waals surface area contributed by atoms with Gasteiger partial charge in [-0.25, -0.2) is 4.68 Å². The van der Waals surface area contributed by atoms with Gasteiger partial charge in [-0.1, -0.05) is 0 Å². The highest BCUT2D eigenvalue weighted by Gasteiger charge is 2.04. The largest absolute Gasteiger partial charge is 0.480 e. The van der Waals surface area contributed by atoms with Gasteiger partial charge in [0.05, 0.1) is 11.9 Å². The highest BCUT2D eigenvalue weighted by atomic mass is 16.4. The molecular formula is C8H11N3O3. The second kappa shape index (κ2) is 3.91. The molecule has 14 heavy (non-hydrogen) atoms. The number of anilines is 1. The number of hydrogen-bond acceptors (Lipinski definition) is 4. The van der Waals surface area contributed by atoms with Crippen LogP contribution in [0.4, 0.5) is 5.69 Å². The number of carboxylic acids is 1. The Morgan fingerprint density at radius 1 is 1.64 bits per heavy atom. The van der Waals surface area contributed by atoms with E-state index in [0.29, 0.717) is 5.69 Å². The minimum absolute atomic E-state index is 0.410. The van der Waals surface area contributed by atoms with Crippen molar-refractivity contribution in [1.82, 2.24) is 9.78 Å². The van der Waals surface area contributed by atoms with E-state index in [0.717, 1.165) is 4.68 Å². The van der Waals surface area contributed by atoms with Gasteiger partial charge in [-0.2, -0.15) is 5.10 Å². The summed E-state index contributed by atoms with van der Waals surface area (Å²) < 4.78 is 0.898. The van der Waals surface area contributed by atoms with Crippen molar-refractivity contribution in [2.45, 2.75) is 6.54 Å². The van der Waals surface area contributed by atoms with E-state index in [9.17, 15) is 9.59 Å². The summed E-state index contributed by atoms with van der Waals surface area (Å²) in [7, 11) is 3.55. The third-order valence-corrected chi connectivity index (χ3v) is 1.66. The Balaban J connectivity index is 3.02. The second-order valence-electron chi connectivity index (χ2n) is 3.00. The molecule has 0 unspecified atom stereocenters. The minimum atomic E-state index is -1.09. The van der Waals surface area contributed by atoms with Crippen molar-refractivity contribution >= 4 is 11.7 Å². The molecule has 0 aromatic carbocycles. The second-order valence-corrected chi connectivity index (χ2v) is 3.00. The molecule has 1 heterocycles. The number of aromatic nitrogens is 2. The first-order valence-corrected chi connectivity index (χ1v) is 3.97. The third kappa shape index (κ3) is 2.32. The molecule has 1 rings (SSSR count). The zero-order chi connectivity index (χ0) is 10.7. The fraction of sp³-hybridized carbons (Fsp3) is 0.375. The average molecular weight is 197 g/mol. The molecule has 0 saturated heterocycles. The molecule has 0 aliphatic carbocycles. The molecule has 0 amide bonds. The Hall–Kier alpha value is -1.85. The van der Waals surface area contributed by atoms with Gasteiger partial charge in [0.15, 0.2) is 0 Å². The zero-order valence-corrected chi connectivity index (χ0v) is 7.97. The fourth-order valence-corrected chi connectivity index (χ4v) is 0.915. The first-order valence-electron chi connectivity index (χ1n) is 3.97. The van der Waals surface area contributed by atoms with Gasteiger partial charge in [-0.15, -0.1) is 0 Å². The Morgan fingerprint density at radius 2 is 2.29 bits per heavy atom. The van der Waals surface area contributed by atoms with Gasteiger partial charge in [-0.3, -0.25) is 9.59 Å². The number of nitrogens with zero attached hydrogens (tertiary/aromatic N) is 3. The summed E-state index contributed by atoms with van der Waals surface area (Å²) in [6.07, 6.45) is 1.45. The van der Waals surface area contributed by atoms with Crippen molar-refractivity contribution in [3.63, 3.8) is 0 Å². The van der Waals surface area contributed by atoms with E-state index in [1.165, 1.54) is 12.3 Å². The van der Waals surface area contributed by atoms with Gasteiger partial charge in [0.1, 0.15) is 6.54 Å². The highest BCUT2D eigenvalue weighted by Crippen LogP contribution is 2.02. The Labute approximate surface area is 80.4 Å². The molecule has 76 valence electrons. The van der Waals surface area contributed by atoms with Crippen LogP contribution in [-0.2, 0) is 11.3 Å². The Bertz CT molecular complexity index is 397. The van der Waals surface area contributed by atoms with Crippen molar-refractivity contribution in [1.29, 1.82) is 0 Å². The summed E-state index contributed by atoms with van der Waals surface area (Å²) in [6.45, 7) is -0.410. The summed E-state index contributed by atoms with van der Waals surface area (Å²) in [5.41, 5.74) is 0.232. The van der Waals surface area contributed by atoms with Gasteiger partial charge in [0.25, 0.3) is 5.56 Å². The number of rotatable bonds is 3. The predicted octanol–water partition coefficient (Wildman–Crippen LogP) is -0.606. The summed E-state index contributed by atoms with van der Waals surface area (Å²) in [5.74, 6) is -1.09. The van der Waals surface area contributed by atoms with Gasteiger partial charge < -0.3 is 10.0 Å². The number of carboxylic acid groups (broad SMARTS) is 1. The van der Waals surface area contributed by atoms with E-state index < -0.39 is 18.1 Å². The lowest BCUT2D eigenvalue weighted by atomic mass is 10.4. The first kappa shape index (κ1) is 10.2. The Morgan fingerprint density at radius 3 is 2.71 bits per heavy atom. The van der Waals surface area contributed by atoms with Crippen molar-refractivity contribution in [3.05, 3.63) is 22.6 Å². The molecule has 6 nitrogen and oxygen atoms in total. The van der Waals surface area contributed by atoms with E-state index in [-0.39, 0.29) is 0 Å². The highest BCUT2D eigenvalue weighted by molar-refractivity contribution is 5.66. The van der Waals surface area contributed by atoms with E-state index in [4.69, 9.17) is 5.11 Å². The quantitative estimate of drug-likeness (QED) is 0.699. The molecule has 0 radical (unpaired) electrons. The van der Waals surface area contributed by atoms with Crippen LogP contribution in [0.2, 0.25) is 0 Å². The zero-order valence-electron chi connectivity index (χ0n) is 7.97. The molecule has 1 N–H and O–H groups in total. The van der Waals surface area contributed by atoms with E-state index in [2.05, 4.69) is 5.10 Å². The molecule has 0 bridgehead atoms. The van der Waals surface area contributed by atoms with Crippen molar-refractivity contribution in [2.24, 2.45) is 0 Å². The van der Waals surface area contributed by atoms with Gasteiger partial charge in [0.2, 0.25) is 0 Å². The maximum Gasteiger partial charge on any atom is 0.325 e. The summed E-state index contributed by atoms with van der Waals surface area (Å²) in [6, 6.07) is 1.34. The molecule has 0 saturated carbocycles. The van der Waals surface area contributed by atoms with Crippen LogP contribution >= 0.6 is 0 Å². The summed E-state index contributed by atoms with van der Waals surface area (Å²) in [5, 5.41) is 12.2. The van der Waals surface area contributed by atoms with Crippen LogP contribution in [0, 0.1) is 0 Å². The fourth-order valence-electron chi connectivity index (χ4n) is 0.915. The smallest absolute Gasteiger partial charge is 0.325 e. The number of aliphatic carboxylic acids is 1. The van der Waals surface area contributed by atoms with Gasteiger partial charge in [-0.05, 0) is 0 Å². The van der Waals surface area contributed by atoms with Crippen LogP contribution in [0.25, 0.3) is 0 Å². The maximum absolute atomic E-state index is 11.3. The van der Waals surface area contributed by atoms with Crippen LogP contribution in [-0.4, -0.2) is 35.0 Å². The maximum atomic E-state index is 11.3. The number of hydrogen-bond donors (Lipinski definition) is 1. The third-order valence-electron chi connectivity index (χ3n) is 1.66. The molecule has 1 aromatic heterocycles. The molecular weight excluding hydrogens is 186 g/mol. The molecule has 0 spiro atoms. The van der Waals surface area contributed by atoms with Crippen LogP contribution in [0.3, 0.4) is 0 Å². The number of carbonyl (C=O) groups is 1. The molecule has 0 aliphatic heterocycles. The SMILES string of the molecule is CN(C)c1cnn(CC(=O)O)c(=O)c1. The molecule has 6 heteroatoms. The van der Waals surface area contributed by atoms with Crippen LogP contribution < -0.4 is 10.5 Å². The lowest BCUT2D eigenvalue weighted by Gasteiger charge is -2.11. The van der Waals surface area contributed by atoms with Gasteiger partial charge >= 0.3 is 5.97 Å². The minimum Gasteiger partial charge on any atom is -0.480 e. The summed E-state index contributed by atoms with van der Waals surface area (Å²) >= 11 is 0. The standard InChI is InChI=1S/C8H11N3O3/c1-10(2)6-3-7(12)11(9-4-6)5-8(13)14/h3-4H,5H2,1-2H3,(H,13,14). The molecule has 0 atom stereocenters. The van der Waals surface area contributed by atoms with E-state index in [1.54, 1.807) is 19.0 Å².